The van der Waals surface area contributed by atoms with Crippen LogP contribution in [0.3, 0.4) is 0 Å². The number of hydrogen-bond acceptors (Lipinski definition) is 3. The largest absolute Gasteiger partial charge is 0.478 e. The Labute approximate surface area is 173 Å². The van der Waals surface area contributed by atoms with E-state index >= 15 is 0 Å². The molecular formula is C25H20O5. The zero-order valence-electron chi connectivity index (χ0n) is 16.2. The van der Waals surface area contributed by atoms with Crippen LogP contribution in [0.2, 0.25) is 0 Å². The minimum absolute atomic E-state index is 0.00705. The molecule has 3 aromatic rings. The smallest absolute Gasteiger partial charge is 0.336 e. The van der Waals surface area contributed by atoms with Gasteiger partial charge in [-0.15, -0.1) is 0 Å². The summed E-state index contributed by atoms with van der Waals surface area (Å²) in [5.41, 5.74) is 3.16. The van der Waals surface area contributed by atoms with E-state index in [0.717, 1.165) is 11.1 Å². The first-order chi connectivity index (χ1) is 14.5. The van der Waals surface area contributed by atoms with Crippen molar-refractivity contribution in [1.82, 2.24) is 0 Å². The van der Waals surface area contributed by atoms with E-state index in [4.69, 9.17) is 0 Å². The first kappa shape index (κ1) is 19.6. The van der Waals surface area contributed by atoms with Crippen molar-refractivity contribution in [2.75, 3.05) is 0 Å². The molecule has 5 heteroatoms. The van der Waals surface area contributed by atoms with Crippen molar-refractivity contribution in [3.8, 4) is 0 Å². The summed E-state index contributed by atoms with van der Waals surface area (Å²) in [6.07, 6.45) is 1.79. The molecule has 5 nitrogen and oxygen atoms in total. The van der Waals surface area contributed by atoms with Gasteiger partial charge < -0.3 is 10.2 Å². The predicted octanol–water partition coefficient (Wildman–Crippen LogP) is 4.59. The fourth-order valence-corrected chi connectivity index (χ4v) is 4.34. The molecule has 150 valence electrons. The fraction of sp³-hybridized carbons (Fsp3) is 0.160. The molecule has 0 fully saturated rings. The van der Waals surface area contributed by atoms with Crippen LogP contribution in [-0.2, 0) is 12.8 Å². The summed E-state index contributed by atoms with van der Waals surface area (Å²) < 4.78 is 0. The monoisotopic (exact) mass is 400 g/mol. The Morgan fingerprint density at radius 2 is 1.47 bits per heavy atom. The number of aryl methyl sites for hydroxylation is 1. The Kier molecular flexibility index (Phi) is 5.19. The van der Waals surface area contributed by atoms with Crippen molar-refractivity contribution in [3.05, 3.63) is 106 Å². The quantitative estimate of drug-likeness (QED) is 0.612. The molecule has 0 heterocycles. The van der Waals surface area contributed by atoms with Gasteiger partial charge in [-0.3, -0.25) is 4.79 Å². The van der Waals surface area contributed by atoms with Crippen LogP contribution in [0.1, 0.15) is 65.7 Å². The lowest BCUT2D eigenvalue weighted by Gasteiger charge is -2.27. The standard InChI is InChI=1S/C25H20O5/c26-23(16-6-2-1-3-7-16)20-11-5-9-18(22(20)25(29)30)17-13-12-15-8-4-10-19(24(27)28)21(15)14-17/h1-11,17H,12-14H2,(H,27,28)(H,29,30). The molecule has 1 atom stereocenters. The lowest BCUT2D eigenvalue weighted by molar-refractivity contribution is 0.0681. The SMILES string of the molecule is O=C(O)c1cccc2c1CC(c1cccc(C(=O)c3ccccc3)c1C(=O)O)CC2. The molecule has 2 N–H and O–H groups in total. The van der Waals surface area contributed by atoms with Crippen LogP contribution in [0.25, 0.3) is 0 Å². The van der Waals surface area contributed by atoms with Crippen molar-refractivity contribution in [1.29, 1.82) is 0 Å². The van der Waals surface area contributed by atoms with E-state index in [-0.39, 0.29) is 28.4 Å². The molecule has 0 aromatic heterocycles. The van der Waals surface area contributed by atoms with Crippen molar-refractivity contribution >= 4 is 17.7 Å². The highest BCUT2D eigenvalue weighted by Crippen LogP contribution is 2.37. The summed E-state index contributed by atoms with van der Waals surface area (Å²) in [4.78, 5) is 36.9. The zero-order valence-corrected chi connectivity index (χ0v) is 16.2. The Balaban J connectivity index is 1.78. The number of ketones is 1. The molecule has 3 aromatic carbocycles. The summed E-state index contributed by atoms with van der Waals surface area (Å²) >= 11 is 0. The zero-order chi connectivity index (χ0) is 21.3. The number of aromatic carboxylic acids is 2. The number of carboxylic acids is 2. The van der Waals surface area contributed by atoms with E-state index < -0.39 is 11.9 Å². The maximum absolute atomic E-state index is 13.0. The Hall–Kier alpha value is -3.73. The number of rotatable bonds is 5. The van der Waals surface area contributed by atoms with Crippen LogP contribution in [-0.4, -0.2) is 27.9 Å². The molecule has 0 aliphatic heterocycles. The lowest BCUT2D eigenvalue weighted by Crippen LogP contribution is -2.20. The van der Waals surface area contributed by atoms with E-state index in [2.05, 4.69) is 0 Å². The molecule has 0 radical (unpaired) electrons. The van der Waals surface area contributed by atoms with Crippen molar-refractivity contribution in [3.63, 3.8) is 0 Å². The topological polar surface area (TPSA) is 91.7 Å². The average Bonchev–Trinajstić information content (AvgIpc) is 2.77. The third-order valence-electron chi connectivity index (χ3n) is 5.75. The molecule has 1 aliphatic carbocycles. The summed E-state index contributed by atoms with van der Waals surface area (Å²) in [7, 11) is 0. The molecule has 0 spiro atoms. The van der Waals surface area contributed by atoms with Gasteiger partial charge in [0.2, 0.25) is 0 Å². The van der Waals surface area contributed by atoms with Gasteiger partial charge in [-0.25, -0.2) is 9.59 Å². The first-order valence-corrected chi connectivity index (χ1v) is 9.77. The van der Waals surface area contributed by atoms with Crippen molar-refractivity contribution in [2.24, 2.45) is 0 Å². The number of carbonyl (C=O) groups excluding carboxylic acids is 1. The molecule has 0 amide bonds. The van der Waals surface area contributed by atoms with Crippen LogP contribution in [0.4, 0.5) is 0 Å². The van der Waals surface area contributed by atoms with E-state index in [1.807, 2.05) is 6.07 Å². The number of benzene rings is 3. The minimum Gasteiger partial charge on any atom is -0.478 e. The second-order valence-corrected chi connectivity index (χ2v) is 7.46. The second kappa shape index (κ2) is 7.95. The molecule has 0 bridgehead atoms. The van der Waals surface area contributed by atoms with Crippen LogP contribution < -0.4 is 0 Å². The fourth-order valence-electron chi connectivity index (χ4n) is 4.34. The van der Waals surface area contributed by atoms with E-state index in [1.54, 1.807) is 60.7 Å². The number of carbonyl (C=O) groups is 3. The summed E-state index contributed by atoms with van der Waals surface area (Å²) in [6, 6.07) is 18.8. The highest BCUT2D eigenvalue weighted by atomic mass is 16.4. The summed E-state index contributed by atoms with van der Waals surface area (Å²) in [5.74, 6) is -2.65. The van der Waals surface area contributed by atoms with Gasteiger partial charge in [0.15, 0.2) is 5.78 Å². The highest BCUT2D eigenvalue weighted by molar-refractivity contribution is 6.14. The normalized spacial score (nSPS) is 15.3. The maximum Gasteiger partial charge on any atom is 0.336 e. The first-order valence-electron chi connectivity index (χ1n) is 9.77. The van der Waals surface area contributed by atoms with E-state index in [9.17, 15) is 24.6 Å². The van der Waals surface area contributed by atoms with Gasteiger partial charge in [0.05, 0.1) is 11.1 Å². The van der Waals surface area contributed by atoms with Gasteiger partial charge in [-0.05, 0) is 47.9 Å². The third kappa shape index (κ3) is 3.50. The molecule has 1 unspecified atom stereocenters. The van der Waals surface area contributed by atoms with Gasteiger partial charge in [0, 0.05) is 11.1 Å². The summed E-state index contributed by atoms with van der Waals surface area (Å²) in [6.45, 7) is 0. The Morgan fingerprint density at radius 3 is 2.17 bits per heavy atom. The number of carboxylic acid groups (broad SMARTS) is 2. The van der Waals surface area contributed by atoms with Crippen LogP contribution >= 0.6 is 0 Å². The molecule has 4 rings (SSSR count). The summed E-state index contributed by atoms with van der Waals surface area (Å²) in [5, 5.41) is 19.5. The Morgan fingerprint density at radius 1 is 0.767 bits per heavy atom. The minimum atomic E-state index is -1.15. The average molecular weight is 400 g/mol. The second-order valence-electron chi connectivity index (χ2n) is 7.46. The van der Waals surface area contributed by atoms with Crippen molar-refractivity contribution < 1.29 is 24.6 Å². The number of fused-ring (bicyclic) bond motifs is 1. The molecular weight excluding hydrogens is 380 g/mol. The van der Waals surface area contributed by atoms with Gasteiger partial charge in [-0.1, -0.05) is 60.7 Å². The van der Waals surface area contributed by atoms with Gasteiger partial charge >= 0.3 is 11.9 Å². The van der Waals surface area contributed by atoms with Gasteiger partial charge in [-0.2, -0.15) is 0 Å². The number of hydrogen-bond donors (Lipinski definition) is 2. The van der Waals surface area contributed by atoms with Gasteiger partial charge in [0.1, 0.15) is 0 Å². The molecule has 0 saturated heterocycles. The van der Waals surface area contributed by atoms with Crippen molar-refractivity contribution in [2.45, 2.75) is 25.2 Å². The Bertz CT molecular complexity index is 1150. The highest BCUT2D eigenvalue weighted by Gasteiger charge is 2.29. The lowest BCUT2D eigenvalue weighted by atomic mass is 9.76. The molecule has 1 aliphatic rings. The van der Waals surface area contributed by atoms with E-state index in [1.165, 1.54) is 0 Å². The van der Waals surface area contributed by atoms with Gasteiger partial charge in [0.25, 0.3) is 0 Å². The predicted molar refractivity (Wildman–Crippen MR) is 111 cm³/mol. The molecule has 30 heavy (non-hydrogen) atoms. The van der Waals surface area contributed by atoms with Crippen LogP contribution in [0, 0.1) is 0 Å². The molecule has 0 saturated carbocycles. The third-order valence-corrected chi connectivity index (χ3v) is 5.75. The maximum atomic E-state index is 13.0. The van der Waals surface area contributed by atoms with Crippen LogP contribution in [0.5, 0.6) is 0 Å². The van der Waals surface area contributed by atoms with Crippen LogP contribution in [0.15, 0.2) is 66.7 Å². The van der Waals surface area contributed by atoms with E-state index in [0.29, 0.717) is 30.4 Å².